The number of benzene rings is 8. The average Bonchev–Trinajstić information content (AvgIpc) is 3.30. The van der Waals surface area contributed by atoms with E-state index in [0.29, 0.717) is 17.8 Å². The number of hydrogen-bond acceptors (Lipinski definition) is 2. The molecule has 298 valence electrons. The minimum Gasteiger partial charge on any atom is -0.311 e. The van der Waals surface area contributed by atoms with Gasteiger partial charge in [-0.25, -0.2) is 0 Å². The monoisotopic (exact) mass is 788 g/mol. The van der Waals surface area contributed by atoms with Crippen molar-refractivity contribution in [3.63, 3.8) is 0 Å². The first kappa shape index (κ1) is 38.6. The van der Waals surface area contributed by atoms with E-state index in [1.807, 2.05) is 0 Å². The summed E-state index contributed by atoms with van der Waals surface area (Å²) in [7, 11) is 0. The first-order valence-electron chi connectivity index (χ1n) is 22.1. The molecule has 10 rings (SSSR count). The molecule has 0 bridgehead atoms. The Hall–Kier alpha value is -6.58. The molecule has 8 aromatic carbocycles. The largest absolute Gasteiger partial charge is 0.311 e. The van der Waals surface area contributed by atoms with E-state index >= 15 is 0 Å². The minimum absolute atomic E-state index is 0.0564. The van der Waals surface area contributed by atoms with E-state index < -0.39 is 5.41 Å². The molecule has 0 saturated carbocycles. The van der Waals surface area contributed by atoms with Gasteiger partial charge in [-0.3, -0.25) is 0 Å². The molecule has 0 aliphatic carbocycles. The molecule has 3 heteroatoms. The molecule has 2 aliphatic heterocycles. The Morgan fingerprint density at radius 1 is 0.377 bits per heavy atom. The SMILES string of the molecule is CC(C)c1cc(C(C)C)c(B2c3ccccc3N(c3ccccc3)c3cc(N4c5ccccc5C(c5ccccc5)(c5ccccc5)c5ccccc54)ccc32)c(C(C)C)c1. The van der Waals surface area contributed by atoms with Crippen LogP contribution in [0.15, 0.2) is 194 Å². The molecule has 0 aromatic heterocycles. The van der Waals surface area contributed by atoms with Crippen molar-refractivity contribution in [1.29, 1.82) is 0 Å². The lowest BCUT2D eigenvalue weighted by atomic mass is 9.33. The smallest absolute Gasteiger partial charge is 0.247 e. The van der Waals surface area contributed by atoms with Crippen LogP contribution in [-0.2, 0) is 5.41 Å². The third-order valence-corrected chi connectivity index (χ3v) is 13.3. The van der Waals surface area contributed by atoms with Crippen molar-refractivity contribution in [3.05, 3.63) is 233 Å². The highest BCUT2D eigenvalue weighted by atomic mass is 15.2. The van der Waals surface area contributed by atoms with Crippen molar-refractivity contribution in [2.45, 2.75) is 64.7 Å². The fourth-order valence-electron chi connectivity index (χ4n) is 10.5. The molecule has 0 saturated heterocycles. The van der Waals surface area contributed by atoms with Crippen molar-refractivity contribution in [1.82, 2.24) is 0 Å². The van der Waals surface area contributed by atoms with Crippen LogP contribution in [0.5, 0.6) is 0 Å². The lowest BCUT2D eigenvalue weighted by Crippen LogP contribution is -2.59. The summed E-state index contributed by atoms with van der Waals surface area (Å²) in [5.41, 5.74) is 20.1. The Morgan fingerprint density at radius 3 is 1.34 bits per heavy atom. The van der Waals surface area contributed by atoms with Crippen molar-refractivity contribution in [3.8, 4) is 0 Å². The summed E-state index contributed by atoms with van der Waals surface area (Å²) in [6.07, 6.45) is 0. The van der Waals surface area contributed by atoms with Crippen LogP contribution in [0.3, 0.4) is 0 Å². The van der Waals surface area contributed by atoms with Crippen LogP contribution in [0.2, 0.25) is 0 Å². The molecule has 0 amide bonds. The third-order valence-electron chi connectivity index (χ3n) is 13.3. The van der Waals surface area contributed by atoms with Crippen LogP contribution >= 0.6 is 0 Å². The van der Waals surface area contributed by atoms with E-state index in [1.54, 1.807) is 0 Å². The molecule has 2 nitrogen and oxygen atoms in total. The van der Waals surface area contributed by atoms with Gasteiger partial charge in [0, 0.05) is 22.7 Å². The van der Waals surface area contributed by atoms with Gasteiger partial charge in [0.15, 0.2) is 0 Å². The van der Waals surface area contributed by atoms with Gasteiger partial charge in [-0.15, -0.1) is 0 Å². The summed E-state index contributed by atoms with van der Waals surface area (Å²) in [6, 6.07) is 72.8. The molecule has 8 aromatic rings. The Kier molecular flexibility index (Phi) is 9.79. The van der Waals surface area contributed by atoms with E-state index in [1.165, 1.54) is 78.1 Å². The molecular formula is C58H53BN2. The minimum atomic E-state index is -0.525. The summed E-state index contributed by atoms with van der Waals surface area (Å²) in [4.78, 5) is 5.03. The quantitative estimate of drug-likeness (QED) is 0.142. The van der Waals surface area contributed by atoms with Crippen molar-refractivity contribution >= 4 is 57.2 Å². The van der Waals surface area contributed by atoms with Crippen LogP contribution in [-0.4, -0.2) is 6.71 Å². The molecule has 0 unspecified atom stereocenters. The average molecular weight is 789 g/mol. The van der Waals surface area contributed by atoms with Crippen molar-refractivity contribution in [2.24, 2.45) is 0 Å². The molecule has 0 spiro atoms. The fraction of sp³-hybridized carbons (Fsp3) is 0.172. The second kappa shape index (κ2) is 15.5. The number of nitrogens with zero attached hydrogens (tertiary/aromatic N) is 2. The van der Waals surface area contributed by atoms with Crippen LogP contribution in [0.4, 0.5) is 34.1 Å². The van der Waals surface area contributed by atoms with Gasteiger partial charge >= 0.3 is 0 Å². The van der Waals surface area contributed by atoms with Gasteiger partial charge in [0.1, 0.15) is 0 Å². The van der Waals surface area contributed by atoms with Crippen LogP contribution in [0.1, 0.15) is 98.2 Å². The molecule has 2 heterocycles. The number of rotatable bonds is 8. The number of para-hydroxylation sites is 4. The second-order valence-corrected chi connectivity index (χ2v) is 17.8. The van der Waals surface area contributed by atoms with E-state index in [4.69, 9.17) is 0 Å². The third kappa shape index (κ3) is 6.16. The maximum atomic E-state index is 2.52. The van der Waals surface area contributed by atoms with Crippen LogP contribution < -0.4 is 26.2 Å². The van der Waals surface area contributed by atoms with Crippen molar-refractivity contribution < 1.29 is 0 Å². The fourth-order valence-corrected chi connectivity index (χ4v) is 10.5. The molecule has 0 radical (unpaired) electrons. The summed E-state index contributed by atoms with van der Waals surface area (Å²) in [5, 5.41) is 0. The van der Waals surface area contributed by atoms with E-state index in [9.17, 15) is 0 Å². The molecule has 0 N–H and O–H groups in total. The molecule has 0 fully saturated rings. The zero-order valence-corrected chi connectivity index (χ0v) is 36.2. The van der Waals surface area contributed by atoms with Crippen molar-refractivity contribution in [2.75, 3.05) is 9.80 Å². The zero-order valence-electron chi connectivity index (χ0n) is 36.2. The number of fused-ring (bicyclic) bond motifs is 4. The highest BCUT2D eigenvalue weighted by Gasteiger charge is 2.47. The number of hydrogen-bond donors (Lipinski definition) is 0. The highest BCUT2D eigenvalue weighted by Crippen LogP contribution is 2.58. The standard InChI is InChI=1S/C58H53BN2/c1-39(2)42-36-47(40(3)4)57(48(37-42)41(5)6)59-51-30-18-21-33-55(51)60(45-26-14-9-15-27-45)56-38-46(34-35-52(56)59)61-53-31-19-16-28-49(53)58(43-22-10-7-11-23-43,44-24-12-8-13-25-44)50-29-17-20-32-54(50)61/h7-41H,1-6H3. The van der Waals surface area contributed by atoms with E-state index in [2.05, 4.69) is 245 Å². The van der Waals surface area contributed by atoms with E-state index in [-0.39, 0.29) is 6.71 Å². The lowest BCUT2D eigenvalue weighted by molar-refractivity contribution is 0.731. The van der Waals surface area contributed by atoms with Gasteiger partial charge in [-0.05, 0) is 110 Å². The molecule has 0 atom stereocenters. The van der Waals surface area contributed by atoms with Gasteiger partial charge in [-0.1, -0.05) is 199 Å². The Labute approximate surface area is 363 Å². The Balaban J connectivity index is 1.26. The lowest BCUT2D eigenvalue weighted by Gasteiger charge is -2.47. The Bertz CT molecular complexity index is 2740. The number of anilines is 6. The van der Waals surface area contributed by atoms with Gasteiger partial charge in [0.25, 0.3) is 0 Å². The Morgan fingerprint density at radius 2 is 0.820 bits per heavy atom. The van der Waals surface area contributed by atoms with Gasteiger partial charge in [-0.2, -0.15) is 0 Å². The van der Waals surface area contributed by atoms with Crippen LogP contribution in [0.25, 0.3) is 0 Å². The second-order valence-electron chi connectivity index (χ2n) is 17.8. The zero-order chi connectivity index (χ0) is 41.8. The topological polar surface area (TPSA) is 6.48 Å². The predicted octanol–water partition coefficient (Wildman–Crippen LogP) is 13.5. The molecule has 61 heavy (non-hydrogen) atoms. The van der Waals surface area contributed by atoms with Gasteiger partial charge in [0.05, 0.1) is 16.8 Å². The maximum absolute atomic E-state index is 2.52. The molecule has 2 aliphatic rings. The maximum Gasteiger partial charge on any atom is 0.247 e. The predicted molar refractivity (Wildman–Crippen MR) is 261 cm³/mol. The van der Waals surface area contributed by atoms with Crippen LogP contribution in [0, 0.1) is 0 Å². The van der Waals surface area contributed by atoms with Gasteiger partial charge in [0.2, 0.25) is 6.71 Å². The normalized spacial score (nSPS) is 13.9. The summed E-state index contributed by atoms with van der Waals surface area (Å²) < 4.78 is 0. The highest BCUT2D eigenvalue weighted by molar-refractivity contribution is 6.98. The summed E-state index contributed by atoms with van der Waals surface area (Å²) in [6.45, 7) is 14.2. The molecular weight excluding hydrogens is 735 g/mol. The summed E-state index contributed by atoms with van der Waals surface area (Å²) >= 11 is 0. The van der Waals surface area contributed by atoms with E-state index in [0.717, 1.165) is 11.4 Å². The van der Waals surface area contributed by atoms with Gasteiger partial charge < -0.3 is 9.80 Å². The summed E-state index contributed by atoms with van der Waals surface area (Å²) in [5.74, 6) is 1.18. The first-order valence-corrected chi connectivity index (χ1v) is 22.1. The first-order chi connectivity index (χ1) is 29.8.